The van der Waals surface area contributed by atoms with Crippen LogP contribution in [-0.2, 0) is 10.2 Å². The highest BCUT2D eigenvalue weighted by Gasteiger charge is 2.53. The van der Waals surface area contributed by atoms with Crippen molar-refractivity contribution in [3.05, 3.63) is 29.6 Å². The van der Waals surface area contributed by atoms with Crippen LogP contribution in [0.1, 0.15) is 32.3 Å². The van der Waals surface area contributed by atoms with Gasteiger partial charge in [-0.25, -0.2) is 9.18 Å². The van der Waals surface area contributed by atoms with Crippen molar-refractivity contribution in [2.24, 2.45) is 0 Å². The number of rotatable bonds is 1. The van der Waals surface area contributed by atoms with Crippen LogP contribution >= 0.6 is 12.4 Å². The number of nitrogens with one attached hydrogen (secondary N) is 1. The average molecular weight is 356 g/mol. The zero-order chi connectivity index (χ0) is 16.8. The molecule has 1 fully saturated rings. The summed E-state index contributed by atoms with van der Waals surface area (Å²) < 4.78 is 13.8. The molecule has 3 rings (SSSR count). The molecule has 0 aliphatic carbocycles. The number of nitrogens with zero attached hydrogens (tertiary/aromatic N) is 2. The lowest BCUT2D eigenvalue weighted by atomic mass is 9.73. The van der Waals surface area contributed by atoms with E-state index < -0.39 is 5.41 Å². The lowest BCUT2D eigenvalue weighted by Crippen LogP contribution is -2.52. The molecule has 132 valence electrons. The second-order valence-electron chi connectivity index (χ2n) is 6.55. The van der Waals surface area contributed by atoms with Gasteiger partial charge >= 0.3 is 6.03 Å². The summed E-state index contributed by atoms with van der Waals surface area (Å²) in [7, 11) is 1.60. The van der Waals surface area contributed by atoms with E-state index >= 15 is 0 Å². The molecule has 0 saturated carbocycles. The third-order valence-electron chi connectivity index (χ3n) is 5.00. The van der Waals surface area contributed by atoms with Gasteiger partial charge in [0.15, 0.2) is 0 Å². The van der Waals surface area contributed by atoms with Crippen LogP contribution in [-0.4, -0.2) is 43.0 Å². The molecule has 0 aromatic heterocycles. The fourth-order valence-electron chi connectivity index (χ4n) is 3.80. The first-order chi connectivity index (χ1) is 10.9. The quantitative estimate of drug-likeness (QED) is 0.842. The van der Waals surface area contributed by atoms with Crippen molar-refractivity contribution in [2.75, 3.05) is 25.0 Å². The van der Waals surface area contributed by atoms with E-state index in [4.69, 9.17) is 0 Å². The molecule has 2 heterocycles. The normalized spacial score (nSPS) is 18.6. The molecule has 0 radical (unpaired) electrons. The maximum absolute atomic E-state index is 13.8. The van der Waals surface area contributed by atoms with Crippen molar-refractivity contribution in [1.29, 1.82) is 0 Å². The highest BCUT2D eigenvalue weighted by atomic mass is 35.5. The summed E-state index contributed by atoms with van der Waals surface area (Å²) in [5, 5.41) is 2.61. The fraction of sp³-hybridized carbons (Fsp3) is 0.529. The van der Waals surface area contributed by atoms with Gasteiger partial charge in [0.25, 0.3) is 0 Å². The molecule has 0 unspecified atom stereocenters. The third-order valence-corrected chi connectivity index (χ3v) is 5.00. The molecule has 1 spiro atoms. The predicted molar refractivity (Wildman–Crippen MR) is 93.2 cm³/mol. The monoisotopic (exact) mass is 355 g/mol. The predicted octanol–water partition coefficient (Wildman–Crippen LogP) is 2.68. The summed E-state index contributed by atoms with van der Waals surface area (Å²) in [6.07, 6.45) is 1.05. The maximum atomic E-state index is 13.8. The Balaban J connectivity index is 0.00000208. The Hall–Kier alpha value is -1.82. The van der Waals surface area contributed by atoms with E-state index in [-0.39, 0.29) is 36.2 Å². The van der Waals surface area contributed by atoms with Crippen molar-refractivity contribution < 1.29 is 14.0 Å². The largest absolute Gasteiger partial charge is 0.341 e. The zero-order valence-electron chi connectivity index (χ0n) is 14.1. The molecule has 2 aliphatic heterocycles. The molecular weight excluding hydrogens is 333 g/mol. The minimum atomic E-state index is -0.702. The van der Waals surface area contributed by atoms with Gasteiger partial charge in [0.05, 0.1) is 5.41 Å². The summed E-state index contributed by atoms with van der Waals surface area (Å²) in [5.41, 5.74) is 0.874. The topological polar surface area (TPSA) is 52.7 Å². The van der Waals surface area contributed by atoms with Crippen molar-refractivity contribution in [1.82, 2.24) is 10.2 Å². The summed E-state index contributed by atoms with van der Waals surface area (Å²) in [5.74, 6) is -0.292. The van der Waals surface area contributed by atoms with Gasteiger partial charge in [-0.3, -0.25) is 4.79 Å². The first kappa shape index (κ1) is 18.5. The van der Waals surface area contributed by atoms with Crippen LogP contribution < -0.4 is 10.2 Å². The summed E-state index contributed by atoms with van der Waals surface area (Å²) in [6.45, 7) is 4.91. The molecule has 3 amide bonds. The molecule has 1 saturated heterocycles. The molecule has 2 aliphatic rings. The van der Waals surface area contributed by atoms with Gasteiger partial charge in [0.1, 0.15) is 5.82 Å². The van der Waals surface area contributed by atoms with Crippen LogP contribution in [0.15, 0.2) is 18.2 Å². The van der Waals surface area contributed by atoms with E-state index in [1.807, 2.05) is 13.8 Å². The minimum absolute atomic E-state index is 0. The summed E-state index contributed by atoms with van der Waals surface area (Å²) >= 11 is 0. The molecule has 0 atom stereocenters. The Morgan fingerprint density at radius 2 is 1.92 bits per heavy atom. The van der Waals surface area contributed by atoms with Crippen LogP contribution in [0.3, 0.4) is 0 Å². The SMILES string of the molecule is CNC(=O)N1CCC2(CC1)C(=O)N(C(C)C)c1ccc(F)cc12.Cl. The highest BCUT2D eigenvalue weighted by molar-refractivity contribution is 6.08. The number of carbonyl (C=O) groups is 2. The number of fused-ring (bicyclic) bond motifs is 2. The van der Waals surface area contributed by atoms with Gasteiger partial charge in [-0.2, -0.15) is 0 Å². The van der Waals surface area contributed by atoms with Crippen molar-refractivity contribution in [3.63, 3.8) is 0 Å². The van der Waals surface area contributed by atoms with Crippen LogP contribution in [0.5, 0.6) is 0 Å². The molecule has 1 aromatic rings. The number of halogens is 2. The highest BCUT2D eigenvalue weighted by Crippen LogP contribution is 2.48. The van der Waals surface area contributed by atoms with Crippen LogP contribution in [0.2, 0.25) is 0 Å². The number of amides is 3. The maximum Gasteiger partial charge on any atom is 0.317 e. The van der Waals surface area contributed by atoms with E-state index in [9.17, 15) is 14.0 Å². The standard InChI is InChI=1S/C17H22FN3O2.ClH/c1-11(2)21-14-5-4-12(18)10-13(14)17(15(21)22)6-8-20(9-7-17)16(23)19-3;/h4-5,10-11H,6-9H2,1-3H3,(H,19,23);1H. The van der Waals surface area contributed by atoms with E-state index in [1.54, 1.807) is 22.9 Å². The van der Waals surface area contributed by atoms with E-state index in [0.29, 0.717) is 25.9 Å². The summed E-state index contributed by atoms with van der Waals surface area (Å²) in [4.78, 5) is 28.4. The number of hydrogen-bond donors (Lipinski definition) is 1. The number of carbonyl (C=O) groups excluding carboxylic acids is 2. The van der Waals surface area contributed by atoms with Gasteiger partial charge < -0.3 is 15.1 Å². The molecule has 0 bridgehead atoms. The smallest absolute Gasteiger partial charge is 0.317 e. The molecule has 24 heavy (non-hydrogen) atoms. The Morgan fingerprint density at radius 1 is 1.29 bits per heavy atom. The van der Waals surface area contributed by atoms with Crippen LogP contribution in [0.25, 0.3) is 0 Å². The lowest BCUT2D eigenvalue weighted by Gasteiger charge is -2.38. The first-order valence-corrected chi connectivity index (χ1v) is 8.01. The number of hydrogen-bond acceptors (Lipinski definition) is 2. The van der Waals surface area contributed by atoms with Gasteiger partial charge in [0, 0.05) is 31.9 Å². The Bertz CT molecular complexity index is 657. The first-order valence-electron chi connectivity index (χ1n) is 8.01. The van der Waals surface area contributed by atoms with Gasteiger partial charge in [0.2, 0.25) is 5.91 Å². The van der Waals surface area contributed by atoms with Gasteiger partial charge in [-0.05, 0) is 50.5 Å². The van der Waals surface area contributed by atoms with Gasteiger partial charge in [-0.1, -0.05) is 0 Å². The number of anilines is 1. The number of benzene rings is 1. The second-order valence-corrected chi connectivity index (χ2v) is 6.55. The van der Waals surface area contributed by atoms with E-state index in [2.05, 4.69) is 5.32 Å². The minimum Gasteiger partial charge on any atom is -0.341 e. The number of piperidine rings is 1. The average Bonchev–Trinajstić information content (AvgIpc) is 2.76. The molecule has 7 heteroatoms. The molecule has 1 aromatic carbocycles. The van der Waals surface area contributed by atoms with E-state index in [1.165, 1.54) is 12.1 Å². The van der Waals surface area contributed by atoms with Crippen LogP contribution in [0.4, 0.5) is 14.9 Å². The molecule has 5 nitrogen and oxygen atoms in total. The Kier molecular flexibility index (Phi) is 5.08. The Labute approximate surface area is 147 Å². The lowest BCUT2D eigenvalue weighted by molar-refractivity contribution is -0.125. The van der Waals surface area contributed by atoms with E-state index in [0.717, 1.165) is 11.3 Å². The fourth-order valence-corrected chi connectivity index (χ4v) is 3.80. The van der Waals surface area contributed by atoms with Crippen LogP contribution in [0, 0.1) is 5.82 Å². The third kappa shape index (κ3) is 2.62. The van der Waals surface area contributed by atoms with Gasteiger partial charge in [-0.15, -0.1) is 12.4 Å². The summed E-state index contributed by atoms with van der Waals surface area (Å²) in [6, 6.07) is 4.47. The molecule has 1 N–H and O–H groups in total. The zero-order valence-corrected chi connectivity index (χ0v) is 15.0. The van der Waals surface area contributed by atoms with Crippen molar-refractivity contribution in [3.8, 4) is 0 Å². The molecular formula is C17H23ClFN3O2. The number of likely N-dealkylation sites (tertiary alicyclic amines) is 1. The van der Waals surface area contributed by atoms with Crippen molar-refractivity contribution >= 4 is 30.0 Å². The number of urea groups is 1. The second kappa shape index (κ2) is 6.59. The Morgan fingerprint density at radius 3 is 2.46 bits per heavy atom. The van der Waals surface area contributed by atoms with Crippen molar-refractivity contribution in [2.45, 2.75) is 38.1 Å².